The lowest BCUT2D eigenvalue weighted by molar-refractivity contribution is -0.133. The smallest absolute Gasteiger partial charge is 0.169 e. The highest BCUT2D eigenvalue weighted by Gasteiger charge is 2.08. The zero-order valence-electron chi connectivity index (χ0n) is 12.9. The van der Waals surface area contributed by atoms with Crippen LogP contribution in [0.5, 0.6) is 0 Å². The van der Waals surface area contributed by atoms with E-state index in [9.17, 15) is 0 Å². The van der Waals surface area contributed by atoms with E-state index in [1.165, 1.54) is 22.3 Å². The molecular weight excluding hydrogens is 238 g/mol. The van der Waals surface area contributed by atoms with Crippen LogP contribution in [0.4, 0.5) is 0 Å². The molecule has 0 spiro atoms. The Balaban J connectivity index is 2.50. The van der Waals surface area contributed by atoms with Gasteiger partial charge in [-0.3, -0.25) is 0 Å². The van der Waals surface area contributed by atoms with Crippen molar-refractivity contribution in [2.24, 2.45) is 0 Å². The maximum Gasteiger partial charge on any atom is 0.169 e. The summed E-state index contributed by atoms with van der Waals surface area (Å²) in [5, 5.41) is 3.41. The minimum atomic E-state index is -0.151. The average Bonchev–Trinajstić information content (AvgIpc) is 2.36. The summed E-state index contributed by atoms with van der Waals surface area (Å²) >= 11 is 0. The predicted molar refractivity (Wildman–Crippen MR) is 79.4 cm³/mol. The summed E-state index contributed by atoms with van der Waals surface area (Å²) in [5.74, 6) is 0. The number of benzene rings is 1. The van der Waals surface area contributed by atoms with Crippen molar-refractivity contribution in [3.8, 4) is 0 Å². The minimum Gasteiger partial charge on any atom is -0.352 e. The van der Waals surface area contributed by atoms with E-state index >= 15 is 0 Å². The average molecular weight is 265 g/mol. The third kappa shape index (κ3) is 5.31. The van der Waals surface area contributed by atoms with Crippen molar-refractivity contribution >= 4 is 0 Å². The van der Waals surface area contributed by atoms with E-state index in [1.807, 2.05) is 13.8 Å². The molecule has 0 aliphatic carbocycles. The lowest BCUT2D eigenvalue weighted by Gasteiger charge is -2.18. The molecule has 19 heavy (non-hydrogen) atoms. The van der Waals surface area contributed by atoms with Crippen LogP contribution < -0.4 is 5.32 Å². The lowest BCUT2D eigenvalue weighted by atomic mass is 10.0. The Kier molecular flexibility index (Phi) is 7.06. The van der Waals surface area contributed by atoms with Crippen LogP contribution in [0, 0.1) is 20.8 Å². The van der Waals surface area contributed by atoms with Crippen molar-refractivity contribution in [3.05, 3.63) is 34.4 Å². The molecule has 0 fully saturated rings. The molecule has 3 heteroatoms. The Hall–Kier alpha value is -0.900. The first-order valence-corrected chi connectivity index (χ1v) is 7.09. The summed E-state index contributed by atoms with van der Waals surface area (Å²) in [6.45, 7) is 13.4. The first-order valence-electron chi connectivity index (χ1n) is 7.09. The number of nitrogens with one attached hydrogen (secondary N) is 1. The quantitative estimate of drug-likeness (QED) is 0.733. The Bertz CT molecular complexity index is 385. The van der Waals surface area contributed by atoms with Gasteiger partial charge >= 0.3 is 0 Å². The van der Waals surface area contributed by atoms with Crippen molar-refractivity contribution in [2.45, 2.75) is 47.5 Å². The molecule has 0 heterocycles. The summed E-state index contributed by atoms with van der Waals surface area (Å²) < 4.78 is 11.0. The molecule has 0 unspecified atom stereocenters. The highest BCUT2D eigenvalue weighted by Crippen LogP contribution is 2.15. The molecule has 1 aromatic carbocycles. The topological polar surface area (TPSA) is 30.5 Å². The molecule has 1 rings (SSSR count). The van der Waals surface area contributed by atoms with E-state index in [2.05, 4.69) is 38.2 Å². The number of hydrogen-bond acceptors (Lipinski definition) is 3. The molecule has 0 radical (unpaired) electrons. The zero-order chi connectivity index (χ0) is 14.3. The molecule has 0 bridgehead atoms. The first-order chi connectivity index (χ1) is 9.08. The van der Waals surface area contributed by atoms with Gasteiger partial charge in [-0.05, 0) is 56.9 Å². The fraction of sp³-hybridized carbons (Fsp3) is 0.625. The highest BCUT2D eigenvalue weighted by molar-refractivity contribution is 5.36. The van der Waals surface area contributed by atoms with E-state index in [0.29, 0.717) is 19.8 Å². The normalized spacial score (nSPS) is 11.3. The van der Waals surface area contributed by atoms with Gasteiger partial charge in [0.15, 0.2) is 6.29 Å². The number of rotatable bonds is 8. The molecule has 0 saturated carbocycles. The third-order valence-corrected chi connectivity index (χ3v) is 3.28. The zero-order valence-corrected chi connectivity index (χ0v) is 12.9. The van der Waals surface area contributed by atoms with Crippen LogP contribution in [-0.2, 0) is 16.0 Å². The van der Waals surface area contributed by atoms with Gasteiger partial charge < -0.3 is 14.8 Å². The summed E-state index contributed by atoms with van der Waals surface area (Å²) in [7, 11) is 0. The number of ether oxygens (including phenoxy) is 2. The monoisotopic (exact) mass is 265 g/mol. The van der Waals surface area contributed by atoms with Gasteiger partial charge in [0, 0.05) is 26.3 Å². The molecule has 0 atom stereocenters. The van der Waals surface area contributed by atoms with Crippen LogP contribution in [0.15, 0.2) is 12.1 Å². The third-order valence-electron chi connectivity index (χ3n) is 3.28. The minimum absolute atomic E-state index is 0.151. The van der Waals surface area contributed by atoms with Crippen LogP contribution in [-0.4, -0.2) is 26.0 Å². The molecule has 0 amide bonds. The second kappa shape index (κ2) is 8.31. The maximum atomic E-state index is 5.51. The molecular formula is C16H27NO2. The van der Waals surface area contributed by atoms with Gasteiger partial charge in [0.1, 0.15) is 0 Å². The van der Waals surface area contributed by atoms with Gasteiger partial charge in [-0.15, -0.1) is 0 Å². The second-order valence-electron chi connectivity index (χ2n) is 4.83. The largest absolute Gasteiger partial charge is 0.352 e. The van der Waals surface area contributed by atoms with E-state index in [0.717, 1.165) is 6.54 Å². The van der Waals surface area contributed by atoms with Gasteiger partial charge in [0.05, 0.1) is 0 Å². The van der Waals surface area contributed by atoms with Crippen LogP contribution in [0.3, 0.4) is 0 Å². The van der Waals surface area contributed by atoms with Gasteiger partial charge in [-0.1, -0.05) is 12.1 Å². The van der Waals surface area contributed by atoms with E-state index in [4.69, 9.17) is 9.47 Å². The number of hydrogen-bond donors (Lipinski definition) is 1. The molecule has 0 aliphatic rings. The Morgan fingerprint density at radius 2 is 1.53 bits per heavy atom. The van der Waals surface area contributed by atoms with Crippen LogP contribution in [0.25, 0.3) is 0 Å². The summed E-state index contributed by atoms with van der Waals surface area (Å²) in [5.41, 5.74) is 5.37. The first kappa shape index (κ1) is 16.2. The van der Waals surface area contributed by atoms with Gasteiger partial charge in [-0.2, -0.15) is 0 Å². The molecule has 0 aromatic heterocycles. The van der Waals surface area contributed by atoms with E-state index in [1.54, 1.807) is 0 Å². The van der Waals surface area contributed by atoms with Crippen molar-refractivity contribution in [2.75, 3.05) is 19.8 Å². The molecule has 1 N–H and O–H groups in total. The summed E-state index contributed by atoms with van der Waals surface area (Å²) in [4.78, 5) is 0. The SMILES string of the molecule is CCOC(CNCc1cc(C)c(C)cc1C)OCC. The second-order valence-corrected chi connectivity index (χ2v) is 4.83. The lowest BCUT2D eigenvalue weighted by Crippen LogP contribution is -2.31. The maximum absolute atomic E-state index is 5.51. The van der Waals surface area contributed by atoms with Crippen LogP contribution in [0.2, 0.25) is 0 Å². The van der Waals surface area contributed by atoms with Crippen molar-refractivity contribution in [3.63, 3.8) is 0 Å². The molecule has 3 nitrogen and oxygen atoms in total. The van der Waals surface area contributed by atoms with Crippen LogP contribution in [0.1, 0.15) is 36.1 Å². The molecule has 0 aliphatic heterocycles. The van der Waals surface area contributed by atoms with E-state index < -0.39 is 0 Å². The molecule has 1 aromatic rings. The van der Waals surface area contributed by atoms with Gasteiger partial charge in [-0.25, -0.2) is 0 Å². The van der Waals surface area contributed by atoms with Crippen molar-refractivity contribution in [1.82, 2.24) is 5.32 Å². The van der Waals surface area contributed by atoms with Crippen molar-refractivity contribution in [1.29, 1.82) is 0 Å². The Morgan fingerprint density at radius 1 is 0.947 bits per heavy atom. The fourth-order valence-corrected chi connectivity index (χ4v) is 2.07. The highest BCUT2D eigenvalue weighted by atomic mass is 16.7. The molecule has 108 valence electrons. The summed E-state index contributed by atoms with van der Waals surface area (Å²) in [6, 6.07) is 4.50. The Labute approximate surface area is 117 Å². The predicted octanol–water partition coefficient (Wildman–Crippen LogP) is 3.10. The van der Waals surface area contributed by atoms with Crippen molar-refractivity contribution < 1.29 is 9.47 Å². The van der Waals surface area contributed by atoms with Gasteiger partial charge in [0.2, 0.25) is 0 Å². The Morgan fingerprint density at radius 3 is 2.11 bits per heavy atom. The summed E-state index contributed by atoms with van der Waals surface area (Å²) in [6.07, 6.45) is -0.151. The molecule has 0 saturated heterocycles. The van der Waals surface area contributed by atoms with Gasteiger partial charge in [0.25, 0.3) is 0 Å². The van der Waals surface area contributed by atoms with Crippen LogP contribution >= 0.6 is 0 Å². The van der Waals surface area contributed by atoms with E-state index in [-0.39, 0.29) is 6.29 Å². The standard InChI is InChI=1S/C16H27NO2/c1-6-18-16(19-7-2)11-17-10-15-9-13(4)12(3)8-14(15)5/h8-9,16-17H,6-7,10-11H2,1-5H3. The number of aryl methyl sites for hydroxylation is 3. The fourth-order valence-electron chi connectivity index (χ4n) is 2.07.